The molecule has 0 aliphatic rings. The minimum Gasteiger partial charge on any atom is -0.496 e. The molecule has 0 heterocycles. The molecule has 0 amide bonds. The summed E-state index contributed by atoms with van der Waals surface area (Å²) in [7, 11) is 3.56. The topological polar surface area (TPSA) is 12.5 Å². The number of rotatable bonds is 5. The number of para-hydroxylation sites is 1. The van der Waals surface area contributed by atoms with Gasteiger partial charge < -0.3 is 4.74 Å². The van der Waals surface area contributed by atoms with Gasteiger partial charge in [0.15, 0.2) is 11.6 Å². The molecule has 0 fully saturated rings. The molecule has 0 aliphatic carbocycles. The Morgan fingerprint density at radius 3 is 2.45 bits per heavy atom. The van der Waals surface area contributed by atoms with Crippen molar-refractivity contribution in [3.05, 3.63) is 65.2 Å². The van der Waals surface area contributed by atoms with E-state index >= 15 is 0 Å². The largest absolute Gasteiger partial charge is 0.496 e. The highest BCUT2D eigenvalue weighted by molar-refractivity contribution is 5.33. The van der Waals surface area contributed by atoms with Gasteiger partial charge in [-0.2, -0.15) is 0 Å². The van der Waals surface area contributed by atoms with Crippen LogP contribution in [0.4, 0.5) is 8.78 Å². The SMILES string of the molecule is COc1ccccc1CN(C)Cc1ccc(F)c(F)c1. The summed E-state index contributed by atoms with van der Waals surface area (Å²) in [5, 5.41) is 0. The van der Waals surface area contributed by atoms with Gasteiger partial charge in [-0.15, -0.1) is 0 Å². The number of hydrogen-bond donors (Lipinski definition) is 0. The van der Waals surface area contributed by atoms with E-state index in [1.54, 1.807) is 13.2 Å². The van der Waals surface area contributed by atoms with Crippen LogP contribution in [0.25, 0.3) is 0 Å². The van der Waals surface area contributed by atoms with Gasteiger partial charge in [-0.3, -0.25) is 4.90 Å². The third kappa shape index (κ3) is 3.54. The van der Waals surface area contributed by atoms with E-state index in [1.807, 2.05) is 36.2 Å². The van der Waals surface area contributed by atoms with Crippen LogP contribution in [-0.2, 0) is 13.1 Å². The fourth-order valence-electron chi connectivity index (χ4n) is 2.13. The highest BCUT2D eigenvalue weighted by Gasteiger charge is 2.08. The second kappa shape index (κ2) is 6.48. The van der Waals surface area contributed by atoms with Crippen LogP contribution in [-0.4, -0.2) is 19.1 Å². The zero-order valence-electron chi connectivity index (χ0n) is 11.6. The maximum atomic E-state index is 13.2. The minimum absolute atomic E-state index is 0.537. The smallest absolute Gasteiger partial charge is 0.159 e. The van der Waals surface area contributed by atoms with Crippen molar-refractivity contribution in [2.24, 2.45) is 0 Å². The summed E-state index contributed by atoms with van der Waals surface area (Å²) in [5.74, 6) is -0.807. The lowest BCUT2D eigenvalue weighted by molar-refractivity contribution is 0.309. The summed E-state index contributed by atoms with van der Waals surface area (Å²) in [4.78, 5) is 2.02. The molecule has 2 aromatic carbocycles. The van der Waals surface area contributed by atoms with Crippen molar-refractivity contribution in [1.29, 1.82) is 0 Å². The van der Waals surface area contributed by atoms with E-state index < -0.39 is 11.6 Å². The number of nitrogens with zero attached hydrogens (tertiary/aromatic N) is 1. The van der Waals surface area contributed by atoms with E-state index in [4.69, 9.17) is 4.74 Å². The Morgan fingerprint density at radius 2 is 1.75 bits per heavy atom. The molecule has 4 heteroatoms. The van der Waals surface area contributed by atoms with E-state index in [1.165, 1.54) is 6.07 Å². The Kier molecular flexibility index (Phi) is 4.69. The molecule has 2 nitrogen and oxygen atoms in total. The van der Waals surface area contributed by atoms with Crippen molar-refractivity contribution in [3.63, 3.8) is 0 Å². The zero-order chi connectivity index (χ0) is 14.5. The van der Waals surface area contributed by atoms with Gasteiger partial charge in [-0.05, 0) is 30.8 Å². The molecule has 0 atom stereocenters. The molecular formula is C16H17F2NO. The predicted molar refractivity (Wildman–Crippen MR) is 74.5 cm³/mol. The molecule has 0 unspecified atom stereocenters. The van der Waals surface area contributed by atoms with Gasteiger partial charge in [-0.25, -0.2) is 8.78 Å². The van der Waals surface area contributed by atoms with E-state index in [-0.39, 0.29) is 0 Å². The Bertz CT molecular complexity index is 586. The molecule has 0 saturated carbocycles. The van der Waals surface area contributed by atoms with Crippen LogP contribution in [0.1, 0.15) is 11.1 Å². The molecule has 0 aromatic heterocycles. The van der Waals surface area contributed by atoms with Gasteiger partial charge in [0.05, 0.1) is 7.11 Å². The molecule has 0 N–H and O–H groups in total. The van der Waals surface area contributed by atoms with Crippen molar-refractivity contribution in [2.45, 2.75) is 13.1 Å². The van der Waals surface area contributed by atoms with Crippen LogP contribution in [0.2, 0.25) is 0 Å². The summed E-state index contributed by atoms with van der Waals surface area (Å²) in [6, 6.07) is 11.7. The standard InChI is InChI=1S/C16H17F2NO/c1-19(10-12-7-8-14(17)15(18)9-12)11-13-5-3-4-6-16(13)20-2/h3-9H,10-11H2,1-2H3. The van der Waals surface area contributed by atoms with E-state index in [9.17, 15) is 8.78 Å². The molecule has 0 bridgehead atoms. The van der Waals surface area contributed by atoms with Crippen LogP contribution in [0.15, 0.2) is 42.5 Å². The van der Waals surface area contributed by atoms with Crippen molar-refractivity contribution in [2.75, 3.05) is 14.2 Å². The number of halogens is 2. The average Bonchev–Trinajstić information content (AvgIpc) is 2.43. The van der Waals surface area contributed by atoms with Gasteiger partial charge in [0.1, 0.15) is 5.75 Å². The molecular weight excluding hydrogens is 260 g/mol. The summed E-state index contributed by atoms with van der Waals surface area (Å²) in [6.07, 6.45) is 0. The molecule has 0 saturated heterocycles. The Morgan fingerprint density at radius 1 is 1.00 bits per heavy atom. The monoisotopic (exact) mass is 277 g/mol. The quantitative estimate of drug-likeness (QED) is 0.828. The maximum Gasteiger partial charge on any atom is 0.159 e. The Labute approximate surface area is 117 Å². The highest BCUT2D eigenvalue weighted by atomic mass is 19.2. The van der Waals surface area contributed by atoms with Crippen LogP contribution in [0.3, 0.4) is 0 Å². The van der Waals surface area contributed by atoms with E-state index in [2.05, 4.69) is 0 Å². The highest BCUT2D eigenvalue weighted by Crippen LogP contribution is 2.19. The summed E-state index contributed by atoms with van der Waals surface area (Å²) >= 11 is 0. The molecule has 0 aliphatic heterocycles. The number of benzene rings is 2. The Balaban J connectivity index is 2.05. The lowest BCUT2D eigenvalue weighted by Gasteiger charge is -2.18. The van der Waals surface area contributed by atoms with Gasteiger partial charge >= 0.3 is 0 Å². The average molecular weight is 277 g/mol. The lowest BCUT2D eigenvalue weighted by atomic mass is 10.1. The van der Waals surface area contributed by atoms with E-state index in [0.29, 0.717) is 13.1 Å². The van der Waals surface area contributed by atoms with Gasteiger partial charge in [0, 0.05) is 18.7 Å². The fourth-order valence-corrected chi connectivity index (χ4v) is 2.13. The fraction of sp³-hybridized carbons (Fsp3) is 0.250. The normalized spacial score (nSPS) is 10.8. The zero-order valence-corrected chi connectivity index (χ0v) is 11.6. The number of ether oxygens (including phenoxy) is 1. The second-order valence-electron chi connectivity index (χ2n) is 4.73. The predicted octanol–water partition coefficient (Wildman–Crippen LogP) is 3.61. The molecule has 0 radical (unpaired) electrons. The van der Waals surface area contributed by atoms with Gasteiger partial charge in [0.25, 0.3) is 0 Å². The van der Waals surface area contributed by atoms with Crippen LogP contribution in [0, 0.1) is 11.6 Å². The first kappa shape index (κ1) is 14.5. The first-order chi connectivity index (χ1) is 9.60. The third-order valence-electron chi connectivity index (χ3n) is 3.07. The first-order valence-corrected chi connectivity index (χ1v) is 6.34. The molecule has 20 heavy (non-hydrogen) atoms. The summed E-state index contributed by atoms with van der Waals surface area (Å²) in [5.41, 5.74) is 1.79. The molecule has 2 rings (SSSR count). The van der Waals surface area contributed by atoms with Crippen LogP contribution in [0.5, 0.6) is 5.75 Å². The van der Waals surface area contributed by atoms with Gasteiger partial charge in [-0.1, -0.05) is 24.3 Å². The van der Waals surface area contributed by atoms with Gasteiger partial charge in [0.2, 0.25) is 0 Å². The van der Waals surface area contributed by atoms with E-state index in [0.717, 1.165) is 22.9 Å². The summed E-state index contributed by atoms with van der Waals surface area (Å²) in [6.45, 7) is 1.21. The van der Waals surface area contributed by atoms with Crippen LogP contribution >= 0.6 is 0 Å². The minimum atomic E-state index is -0.818. The van der Waals surface area contributed by atoms with Crippen molar-refractivity contribution in [3.8, 4) is 5.75 Å². The molecule has 106 valence electrons. The Hall–Kier alpha value is -1.94. The first-order valence-electron chi connectivity index (χ1n) is 6.34. The van der Waals surface area contributed by atoms with Crippen molar-refractivity contribution in [1.82, 2.24) is 4.90 Å². The lowest BCUT2D eigenvalue weighted by Crippen LogP contribution is -2.17. The second-order valence-corrected chi connectivity index (χ2v) is 4.73. The summed E-state index contributed by atoms with van der Waals surface area (Å²) < 4.78 is 31.3. The van der Waals surface area contributed by atoms with Crippen molar-refractivity contribution < 1.29 is 13.5 Å². The maximum absolute atomic E-state index is 13.2. The van der Waals surface area contributed by atoms with Crippen LogP contribution < -0.4 is 4.74 Å². The number of methoxy groups -OCH3 is 1. The molecule has 0 spiro atoms. The third-order valence-corrected chi connectivity index (χ3v) is 3.07. The molecule has 2 aromatic rings. The van der Waals surface area contributed by atoms with Crippen molar-refractivity contribution >= 4 is 0 Å². The number of hydrogen-bond acceptors (Lipinski definition) is 2.